The molecular formula is C14H16ClFN2O3. The van der Waals surface area contributed by atoms with Crippen LogP contribution in [0.1, 0.15) is 32.3 Å². The quantitative estimate of drug-likeness (QED) is 0.685. The van der Waals surface area contributed by atoms with Gasteiger partial charge in [-0.05, 0) is 25.5 Å². The number of hydrogen-bond acceptors (Lipinski definition) is 5. The average molecular weight is 315 g/mol. The summed E-state index contributed by atoms with van der Waals surface area (Å²) in [5, 5.41) is 4.09. The second-order valence-corrected chi connectivity index (χ2v) is 5.14. The van der Waals surface area contributed by atoms with E-state index in [9.17, 15) is 9.18 Å². The van der Waals surface area contributed by atoms with Crippen molar-refractivity contribution in [2.75, 3.05) is 12.3 Å². The van der Waals surface area contributed by atoms with Gasteiger partial charge >= 0.3 is 5.97 Å². The Morgan fingerprint density at radius 2 is 2.29 bits per heavy atom. The number of esters is 1. The fourth-order valence-corrected chi connectivity index (χ4v) is 2.37. The van der Waals surface area contributed by atoms with Crippen molar-refractivity contribution in [3.8, 4) is 0 Å². The summed E-state index contributed by atoms with van der Waals surface area (Å²) in [6.45, 7) is 3.77. The number of carbonyl (C=O) groups excluding carboxylic acids is 1. The first-order valence-electron chi connectivity index (χ1n) is 6.60. The molecule has 0 aliphatic carbocycles. The number of nitrogen functional groups attached to an aromatic ring is 1. The van der Waals surface area contributed by atoms with Crippen molar-refractivity contribution < 1.29 is 18.8 Å². The molecule has 1 aromatic carbocycles. The number of benzene rings is 1. The molecule has 0 bridgehead atoms. The lowest BCUT2D eigenvalue weighted by atomic mass is 9.91. The fourth-order valence-electron chi connectivity index (χ4n) is 2.11. The molecule has 1 unspecified atom stereocenters. The first-order valence-corrected chi connectivity index (χ1v) is 6.98. The maximum absolute atomic E-state index is 13.3. The lowest BCUT2D eigenvalue weighted by Gasteiger charge is -2.22. The summed E-state index contributed by atoms with van der Waals surface area (Å²) in [6.07, 6.45) is 0.597. The van der Waals surface area contributed by atoms with E-state index in [-0.39, 0.29) is 23.7 Å². The third-order valence-electron chi connectivity index (χ3n) is 3.40. The van der Waals surface area contributed by atoms with Crippen LogP contribution in [-0.4, -0.2) is 23.9 Å². The second kappa shape index (κ2) is 5.89. The van der Waals surface area contributed by atoms with Gasteiger partial charge in [-0.2, -0.15) is 0 Å². The number of rotatable bonds is 4. The van der Waals surface area contributed by atoms with Crippen molar-refractivity contribution in [3.63, 3.8) is 0 Å². The van der Waals surface area contributed by atoms with Crippen molar-refractivity contribution >= 4 is 29.0 Å². The van der Waals surface area contributed by atoms with Gasteiger partial charge in [0.15, 0.2) is 0 Å². The molecule has 0 saturated carbocycles. The van der Waals surface area contributed by atoms with Gasteiger partial charge in [0.1, 0.15) is 5.82 Å². The molecule has 1 heterocycles. The highest BCUT2D eigenvalue weighted by Crippen LogP contribution is 2.34. The minimum atomic E-state index is -1.15. The predicted molar refractivity (Wildman–Crippen MR) is 77.7 cm³/mol. The molecular weight excluding hydrogens is 299 g/mol. The summed E-state index contributed by atoms with van der Waals surface area (Å²) in [6, 6.07) is 2.50. The highest BCUT2D eigenvalue weighted by Gasteiger charge is 2.47. The monoisotopic (exact) mass is 314 g/mol. The SMILES string of the molecule is CCOC(=O)C1(CC)CC(c2cc(N)c(F)cc2Cl)=NO1. The molecule has 0 amide bonds. The van der Waals surface area contributed by atoms with Crippen molar-refractivity contribution in [1.29, 1.82) is 0 Å². The minimum Gasteiger partial charge on any atom is -0.463 e. The van der Waals surface area contributed by atoms with Crippen LogP contribution in [0.2, 0.25) is 5.02 Å². The Labute approximate surface area is 126 Å². The van der Waals surface area contributed by atoms with Crippen LogP contribution in [-0.2, 0) is 14.4 Å². The van der Waals surface area contributed by atoms with E-state index in [4.69, 9.17) is 26.9 Å². The number of nitrogens with two attached hydrogens (primary N) is 1. The molecule has 0 spiro atoms. The Morgan fingerprint density at radius 1 is 1.57 bits per heavy atom. The molecule has 7 heteroatoms. The first kappa shape index (κ1) is 15.6. The molecule has 1 aromatic rings. The molecule has 5 nitrogen and oxygen atoms in total. The molecule has 0 fully saturated rings. The van der Waals surface area contributed by atoms with E-state index in [0.717, 1.165) is 6.07 Å². The summed E-state index contributed by atoms with van der Waals surface area (Å²) in [5.41, 5.74) is 5.25. The van der Waals surface area contributed by atoms with Gasteiger partial charge in [0.25, 0.3) is 0 Å². The van der Waals surface area contributed by atoms with Crippen LogP contribution < -0.4 is 5.73 Å². The predicted octanol–water partition coefficient (Wildman–Crippen LogP) is 2.90. The highest BCUT2D eigenvalue weighted by atomic mass is 35.5. The van der Waals surface area contributed by atoms with E-state index >= 15 is 0 Å². The normalized spacial score (nSPS) is 20.9. The first-order chi connectivity index (χ1) is 9.93. The van der Waals surface area contributed by atoms with Gasteiger partial charge in [-0.25, -0.2) is 9.18 Å². The summed E-state index contributed by atoms with van der Waals surface area (Å²) in [7, 11) is 0. The van der Waals surface area contributed by atoms with Crippen molar-refractivity contribution in [1.82, 2.24) is 0 Å². The van der Waals surface area contributed by atoms with Crippen LogP contribution in [0.5, 0.6) is 0 Å². The van der Waals surface area contributed by atoms with Crippen molar-refractivity contribution in [2.45, 2.75) is 32.3 Å². The smallest absolute Gasteiger partial charge is 0.353 e. The van der Waals surface area contributed by atoms with Crippen molar-refractivity contribution in [3.05, 3.63) is 28.5 Å². The van der Waals surface area contributed by atoms with Gasteiger partial charge < -0.3 is 15.3 Å². The zero-order valence-corrected chi connectivity index (χ0v) is 12.5. The van der Waals surface area contributed by atoms with Crippen LogP contribution >= 0.6 is 11.6 Å². The van der Waals surface area contributed by atoms with Gasteiger partial charge in [-0.1, -0.05) is 23.7 Å². The Kier molecular flexibility index (Phi) is 4.37. The van der Waals surface area contributed by atoms with E-state index in [2.05, 4.69) is 5.16 Å². The Morgan fingerprint density at radius 3 is 2.90 bits per heavy atom. The van der Waals surface area contributed by atoms with Crippen LogP contribution in [0.25, 0.3) is 0 Å². The average Bonchev–Trinajstić information content (AvgIpc) is 2.89. The molecule has 1 aliphatic rings. The number of anilines is 1. The topological polar surface area (TPSA) is 73.9 Å². The molecule has 0 aromatic heterocycles. The van der Waals surface area contributed by atoms with Gasteiger partial charge in [-0.3, -0.25) is 0 Å². The number of hydrogen-bond donors (Lipinski definition) is 1. The standard InChI is InChI=1S/C14H16ClFN2O3/c1-3-14(13(19)20-4-2)7-12(18-21-14)8-5-11(17)10(16)6-9(8)15/h5-6H,3-4,7,17H2,1-2H3. The molecule has 1 aliphatic heterocycles. The molecule has 0 radical (unpaired) electrons. The maximum atomic E-state index is 13.3. The third kappa shape index (κ3) is 2.81. The summed E-state index contributed by atoms with van der Waals surface area (Å²) < 4.78 is 18.4. The number of ether oxygens (including phenoxy) is 1. The second-order valence-electron chi connectivity index (χ2n) is 4.73. The van der Waals surface area contributed by atoms with Gasteiger partial charge in [0, 0.05) is 12.0 Å². The van der Waals surface area contributed by atoms with E-state index < -0.39 is 17.4 Å². The zero-order chi connectivity index (χ0) is 15.6. The minimum absolute atomic E-state index is 0.0396. The number of halogens is 2. The fraction of sp³-hybridized carbons (Fsp3) is 0.429. The highest BCUT2D eigenvalue weighted by molar-refractivity contribution is 6.34. The number of oxime groups is 1. The van der Waals surface area contributed by atoms with Crippen LogP contribution in [0, 0.1) is 5.82 Å². The Balaban J connectivity index is 2.29. The van der Waals surface area contributed by atoms with Crippen LogP contribution in [0.15, 0.2) is 17.3 Å². The van der Waals surface area contributed by atoms with E-state index in [1.807, 2.05) is 0 Å². The van der Waals surface area contributed by atoms with E-state index in [1.165, 1.54) is 6.07 Å². The van der Waals surface area contributed by atoms with Crippen molar-refractivity contribution in [2.24, 2.45) is 5.16 Å². The zero-order valence-electron chi connectivity index (χ0n) is 11.8. The van der Waals surface area contributed by atoms with E-state index in [0.29, 0.717) is 17.7 Å². The third-order valence-corrected chi connectivity index (χ3v) is 3.71. The lowest BCUT2D eigenvalue weighted by molar-refractivity contribution is -0.169. The number of nitrogens with zero attached hydrogens (tertiary/aromatic N) is 1. The summed E-state index contributed by atoms with van der Waals surface area (Å²) in [5.74, 6) is -1.08. The summed E-state index contributed by atoms with van der Waals surface area (Å²) in [4.78, 5) is 17.4. The largest absolute Gasteiger partial charge is 0.463 e. The maximum Gasteiger partial charge on any atom is 0.353 e. The molecule has 0 saturated heterocycles. The number of carbonyl (C=O) groups is 1. The van der Waals surface area contributed by atoms with Gasteiger partial charge in [-0.15, -0.1) is 0 Å². The molecule has 2 rings (SSSR count). The summed E-state index contributed by atoms with van der Waals surface area (Å²) >= 11 is 6.01. The van der Waals surface area contributed by atoms with E-state index in [1.54, 1.807) is 13.8 Å². The Hall–Kier alpha value is -1.82. The molecule has 21 heavy (non-hydrogen) atoms. The van der Waals surface area contributed by atoms with Gasteiger partial charge in [0.05, 0.1) is 23.0 Å². The molecule has 114 valence electrons. The lowest BCUT2D eigenvalue weighted by Crippen LogP contribution is -2.40. The van der Waals surface area contributed by atoms with Crippen LogP contribution in [0.4, 0.5) is 10.1 Å². The van der Waals surface area contributed by atoms with Crippen LogP contribution in [0.3, 0.4) is 0 Å². The molecule has 2 N–H and O–H groups in total. The Bertz CT molecular complexity index is 606. The molecule has 1 atom stereocenters. The van der Waals surface area contributed by atoms with Gasteiger partial charge in [0.2, 0.25) is 5.60 Å².